The molecule has 0 saturated carbocycles. The number of nitrogens with zero attached hydrogens (tertiary/aromatic N) is 1. The van der Waals surface area contributed by atoms with Gasteiger partial charge in [-0.1, -0.05) is 24.3 Å². The average molecular weight is 318 g/mol. The van der Waals surface area contributed by atoms with E-state index in [1.165, 1.54) is 11.1 Å². The van der Waals surface area contributed by atoms with Crippen LogP contribution in [0.25, 0.3) is 0 Å². The molecule has 2 atom stereocenters. The predicted molar refractivity (Wildman–Crippen MR) is 93.5 cm³/mol. The number of likely N-dealkylation sites (tertiary alicyclic amines) is 1. The first-order valence-corrected chi connectivity index (χ1v) is 8.55. The fourth-order valence-corrected chi connectivity index (χ4v) is 3.41. The first kappa shape index (κ1) is 17.8. The fourth-order valence-electron chi connectivity index (χ4n) is 3.41. The summed E-state index contributed by atoms with van der Waals surface area (Å²) in [6.45, 7) is 9.96. The molecule has 4 nitrogen and oxygen atoms in total. The van der Waals surface area contributed by atoms with Crippen LogP contribution in [-0.4, -0.2) is 36.2 Å². The maximum Gasteiger partial charge on any atom is 0.410 e. The van der Waals surface area contributed by atoms with Crippen molar-refractivity contribution in [3.8, 4) is 0 Å². The fraction of sp³-hybridized carbons (Fsp3) is 0.632. The number of hydrogen-bond acceptors (Lipinski definition) is 3. The summed E-state index contributed by atoms with van der Waals surface area (Å²) < 4.78 is 5.52. The normalized spacial score (nSPS) is 20.2. The number of benzene rings is 1. The summed E-state index contributed by atoms with van der Waals surface area (Å²) in [6, 6.07) is 8.42. The number of piperidine rings is 1. The standard InChI is InChI=1S/C19H30N2O2/c1-14-8-5-6-10-16(14)17(12-20)15-9-7-11-21(13-15)18(22)23-19(2,3)4/h5-6,8,10,15,17H,7,9,11-13,20H2,1-4H3. The lowest BCUT2D eigenvalue weighted by molar-refractivity contribution is 0.0152. The van der Waals surface area contributed by atoms with Crippen molar-refractivity contribution in [1.82, 2.24) is 4.90 Å². The Bertz CT molecular complexity index is 536. The van der Waals surface area contributed by atoms with Gasteiger partial charge in [-0.15, -0.1) is 0 Å². The highest BCUT2D eigenvalue weighted by Gasteiger charge is 2.32. The Balaban J connectivity index is 2.10. The molecule has 1 aliphatic heterocycles. The van der Waals surface area contributed by atoms with Gasteiger partial charge in [0.2, 0.25) is 0 Å². The van der Waals surface area contributed by atoms with Crippen molar-refractivity contribution in [2.45, 2.75) is 52.1 Å². The molecule has 23 heavy (non-hydrogen) atoms. The van der Waals surface area contributed by atoms with Crippen LogP contribution in [0.2, 0.25) is 0 Å². The number of aryl methyl sites for hydroxylation is 1. The molecule has 1 heterocycles. The maximum absolute atomic E-state index is 12.3. The third-order valence-corrected chi connectivity index (χ3v) is 4.52. The zero-order chi connectivity index (χ0) is 17.0. The molecule has 0 bridgehead atoms. The van der Waals surface area contributed by atoms with E-state index in [1.807, 2.05) is 25.7 Å². The zero-order valence-electron chi connectivity index (χ0n) is 14.8. The molecule has 1 aliphatic rings. The van der Waals surface area contributed by atoms with Crippen LogP contribution in [0, 0.1) is 12.8 Å². The minimum atomic E-state index is -0.451. The third kappa shape index (κ3) is 4.71. The lowest BCUT2D eigenvalue weighted by atomic mass is 9.79. The lowest BCUT2D eigenvalue weighted by Gasteiger charge is -2.37. The number of rotatable bonds is 3. The largest absolute Gasteiger partial charge is 0.444 e. The first-order valence-electron chi connectivity index (χ1n) is 8.55. The number of nitrogens with two attached hydrogens (primary N) is 1. The van der Waals surface area contributed by atoms with E-state index < -0.39 is 5.60 Å². The van der Waals surface area contributed by atoms with Gasteiger partial charge < -0.3 is 15.4 Å². The van der Waals surface area contributed by atoms with Gasteiger partial charge in [0.1, 0.15) is 5.60 Å². The summed E-state index contributed by atoms with van der Waals surface area (Å²) in [5, 5.41) is 0. The Hall–Kier alpha value is -1.55. The van der Waals surface area contributed by atoms with Gasteiger partial charge in [-0.25, -0.2) is 4.79 Å². The van der Waals surface area contributed by atoms with E-state index in [2.05, 4.69) is 31.2 Å². The third-order valence-electron chi connectivity index (χ3n) is 4.52. The van der Waals surface area contributed by atoms with E-state index >= 15 is 0 Å². The molecule has 0 spiro atoms. The van der Waals surface area contributed by atoms with Crippen LogP contribution in [0.3, 0.4) is 0 Å². The van der Waals surface area contributed by atoms with Crippen LogP contribution in [0.15, 0.2) is 24.3 Å². The van der Waals surface area contributed by atoms with Gasteiger partial charge >= 0.3 is 6.09 Å². The molecule has 0 radical (unpaired) electrons. The summed E-state index contributed by atoms with van der Waals surface area (Å²) in [4.78, 5) is 14.2. The van der Waals surface area contributed by atoms with E-state index in [9.17, 15) is 4.79 Å². The molecule has 1 aromatic carbocycles. The van der Waals surface area contributed by atoms with Crippen molar-refractivity contribution in [1.29, 1.82) is 0 Å². The number of hydrogen-bond donors (Lipinski definition) is 1. The van der Waals surface area contributed by atoms with Gasteiger partial charge in [-0.3, -0.25) is 0 Å². The van der Waals surface area contributed by atoms with Gasteiger partial charge in [0.15, 0.2) is 0 Å². The van der Waals surface area contributed by atoms with E-state index in [1.54, 1.807) is 0 Å². The number of carbonyl (C=O) groups is 1. The Morgan fingerprint density at radius 3 is 2.70 bits per heavy atom. The molecule has 1 amide bonds. The SMILES string of the molecule is Cc1ccccc1C(CN)C1CCCN(C(=O)OC(C)(C)C)C1. The van der Waals surface area contributed by atoms with E-state index in [0.29, 0.717) is 18.4 Å². The van der Waals surface area contributed by atoms with E-state index in [4.69, 9.17) is 10.5 Å². The molecule has 4 heteroatoms. The van der Waals surface area contributed by atoms with Gasteiger partial charge in [-0.05, 0) is 64.1 Å². The minimum absolute atomic E-state index is 0.206. The van der Waals surface area contributed by atoms with Crippen LogP contribution >= 0.6 is 0 Å². The smallest absolute Gasteiger partial charge is 0.410 e. The lowest BCUT2D eigenvalue weighted by Crippen LogP contribution is -2.45. The molecule has 1 saturated heterocycles. The van der Waals surface area contributed by atoms with Crippen molar-refractivity contribution in [3.05, 3.63) is 35.4 Å². The Morgan fingerprint density at radius 1 is 1.39 bits per heavy atom. The van der Waals surface area contributed by atoms with Gasteiger partial charge in [-0.2, -0.15) is 0 Å². The van der Waals surface area contributed by atoms with Crippen LogP contribution in [-0.2, 0) is 4.74 Å². The molecule has 0 aliphatic carbocycles. The molecule has 2 rings (SSSR count). The average Bonchev–Trinajstić information content (AvgIpc) is 2.48. The van der Waals surface area contributed by atoms with E-state index in [0.717, 1.165) is 25.9 Å². The second-order valence-corrected chi connectivity index (χ2v) is 7.53. The monoisotopic (exact) mass is 318 g/mol. The molecular formula is C19H30N2O2. The molecule has 1 fully saturated rings. The Labute approximate surface area is 140 Å². The second kappa shape index (κ2) is 7.35. The molecule has 0 aromatic heterocycles. The Morgan fingerprint density at radius 2 is 2.09 bits per heavy atom. The summed E-state index contributed by atoms with van der Waals surface area (Å²) >= 11 is 0. The summed E-state index contributed by atoms with van der Waals surface area (Å²) in [7, 11) is 0. The number of ether oxygens (including phenoxy) is 1. The van der Waals surface area contributed by atoms with Gasteiger partial charge in [0, 0.05) is 19.0 Å². The maximum atomic E-state index is 12.3. The van der Waals surface area contributed by atoms with Crippen molar-refractivity contribution in [2.75, 3.05) is 19.6 Å². The predicted octanol–water partition coefficient (Wildman–Crippen LogP) is 3.68. The second-order valence-electron chi connectivity index (χ2n) is 7.53. The van der Waals surface area contributed by atoms with Crippen molar-refractivity contribution in [2.24, 2.45) is 11.7 Å². The molecule has 2 N–H and O–H groups in total. The molecule has 1 aromatic rings. The quantitative estimate of drug-likeness (QED) is 0.925. The topological polar surface area (TPSA) is 55.6 Å². The molecule has 128 valence electrons. The first-order chi connectivity index (χ1) is 10.8. The number of amides is 1. The minimum Gasteiger partial charge on any atom is -0.444 e. The van der Waals surface area contributed by atoms with Gasteiger partial charge in [0.25, 0.3) is 0 Å². The molecule has 2 unspecified atom stereocenters. The highest BCUT2D eigenvalue weighted by molar-refractivity contribution is 5.68. The Kier molecular flexibility index (Phi) is 5.69. The van der Waals surface area contributed by atoms with Crippen LogP contribution in [0.4, 0.5) is 4.79 Å². The highest BCUT2D eigenvalue weighted by atomic mass is 16.6. The van der Waals surface area contributed by atoms with Crippen molar-refractivity contribution >= 4 is 6.09 Å². The number of carbonyl (C=O) groups excluding carboxylic acids is 1. The van der Waals surface area contributed by atoms with E-state index in [-0.39, 0.29) is 6.09 Å². The molecular weight excluding hydrogens is 288 g/mol. The summed E-state index contributed by atoms with van der Waals surface area (Å²) in [6.07, 6.45) is 1.91. The zero-order valence-corrected chi connectivity index (χ0v) is 14.8. The highest BCUT2D eigenvalue weighted by Crippen LogP contribution is 2.33. The van der Waals surface area contributed by atoms with Crippen LogP contribution in [0.1, 0.15) is 50.7 Å². The summed E-state index contributed by atoms with van der Waals surface area (Å²) in [5.74, 6) is 0.684. The van der Waals surface area contributed by atoms with Crippen molar-refractivity contribution < 1.29 is 9.53 Å². The van der Waals surface area contributed by atoms with Crippen LogP contribution < -0.4 is 5.73 Å². The van der Waals surface area contributed by atoms with Crippen molar-refractivity contribution in [3.63, 3.8) is 0 Å². The van der Waals surface area contributed by atoms with Crippen LogP contribution in [0.5, 0.6) is 0 Å². The van der Waals surface area contributed by atoms with Gasteiger partial charge in [0.05, 0.1) is 0 Å². The summed E-state index contributed by atoms with van der Waals surface area (Å²) in [5.41, 5.74) is 8.23.